The third-order valence-corrected chi connectivity index (χ3v) is 2.61. The summed E-state index contributed by atoms with van der Waals surface area (Å²) in [6, 6.07) is 8.67. The van der Waals surface area contributed by atoms with Gasteiger partial charge in [0.2, 0.25) is 0 Å². The van der Waals surface area contributed by atoms with Gasteiger partial charge in [-0.3, -0.25) is 4.98 Å². The van der Waals surface area contributed by atoms with Crippen LogP contribution in [-0.4, -0.2) is 12.0 Å². The van der Waals surface area contributed by atoms with Crippen LogP contribution in [0.25, 0.3) is 0 Å². The van der Waals surface area contributed by atoms with E-state index in [0.717, 1.165) is 5.56 Å². The van der Waals surface area contributed by atoms with Crippen molar-refractivity contribution in [2.75, 3.05) is 17.7 Å². The number of nitrogens with two attached hydrogens (primary N) is 1. The van der Waals surface area contributed by atoms with Gasteiger partial charge in [-0.05, 0) is 29.8 Å². The summed E-state index contributed by atoms with van der Waals surface area (Å²) in [5.74, 6) is -0.385. The zero-order valence-electron chi connectivity index (χ0n) is 9.60. The Kier molecular flexibility index (Phi) is 3.23. The van der Waals surface area contributed by atoms with Crippen LogP contribution in [0, 0.1) is 5.82 Å². The highest BCUT2D eigenvalue weighted by atomic mass is 19.1. The van der Waals surface area contributed by atoms with Gasteiger partial charge in [0.25, 0.3) is 0 Å². The fraction of sp³-hybridized carbons (Fsp3) is 0.154. The summed E-state index contributed by atoms with van der Waals surface area (Å²) in [6.45, 7) is 0.663. The second kappa shape index (κ2) is 4.82. The van der Waals surface area contributed by atoms with Gasteiger partial charge in [-0.25, -0.2) is 4.39 Å². The van der Waals surface area contributed by atoms with E-state index in [4.69, 9.17) is 5.73 Å². The van der Waals surface area contributed by atoms with Crippen molar-refractivity contribution in [2.45, 2.75) is 6.54 Å². The van der Waals surface area contributed by atoms with Gasteiger partial charge in [-0.1, -0.05) is 6.07 Å². The molecular formula is C13H14FN3. The second-order valence-corrected chi connectivity index (χ2v) is 3.88. The lowest BCUT2D eigenvalue weighted by Gasteiger charge is -2.21. The van der Waals surface area contributed by atoms with Crippen LogP contribution in [0.15, 0.2) is 42.7 Å². The minimum atomic E-state index is -0.385. The molecule has 0 unspecified atom stereocenters. The van der Waals surface area contributed by atoms with E-state index in [1.54, 1.807) is 24.5 Å². The van der Waals surface area contributed by atoms with E-state index in [9.17, 15) is 4.39 Å². The number of anilines is 2. The standard InChI is InChI=1S/C13H14FN3/c1-17(9-10-5-7-16-8-6-10)12-4-2-3-11(14)13(12)15/h2-8H,9,15H2,1H3. The van der Waals surface area contributed by atoms with Crippen LogP contribution >= 0.6 is 0 Å². The Labute approximate surface area is 99.7 Å². The van der Waals surface area contributed by atoms with Crippen LogP contribution in [0.3, 0.4) is 0 Å². The largest absolute Gasteiger partial charge is 0.395 e. The molecule has 0 fully saturated rings. The molecule has 2 N–H and O–H groups in total. The molecule has 2 rings (SSSR count). The fourth-order valence-corrected chi connectivity index (χ4v) is 1.71. The molecule has 0 aliphatic heterocycles. The molecule has 0 aliphatic carbocycles. The van der Waals surface area contributed by atoms with Crippen LogP contribution in [0.4, 0.5) is 15.8 Å². The summed E-state index contributed by atoms with van der Waals surface area (Å²) in [7, 11) is 1.88. The molecular weight excluding hydrogens is 217 g/mol. The summed E-state index contributed by atoms with van der Waals surface area (Å²) >= 11 is 0. The molecule has 17 heavy (non-hydrogen) atoms. The first-order valence-corrected chi connectivity index (χ1v) is 5.32. The summed E-state index contributed by atoms with van der Waals surface area (Å²) in [6.07, 6.45) is 3.47. The molecule has 3 nitrogen and oxygen atoms in total. The van der Waals surface area contributed by atoms with Gasteiger partial charge < -0.3 is 10.6 Å². The number of hydrogen-bond donors (Lipinski definition) is 1. The van der Waals surface area contributed by atoms with Crippen molar-refractivity contribution in [2.24, 2.45) is 0 Å². The lowest BCUT2D eigenvalue weighted by molar-refractivity contribution is 0.632. The quantitative estimate of drug-likeness (QED) is 0.825. The molecule has 0 saturated carbocycles. The predicted molar refractivity (Wildman–Crippen MR) is 67.2 cm³/mol. The zero-order valence-corrected chi connectivity index (χ0v) is 9.60. The number of rotatable bonds is 3. The van der Waals surface area contributed by atoms with E-state index in [1.807, 2.05) is 24.1 Å². The molecule has 1 aromatic heterocycles. The Morgan fingerprint density at radius 2 is 1.94 bits per heavy atom. The van der Waals surface area contributed by atoms with Crippen LogP contribution in [0.5, 0.6) is 0 Å². The van der Waals surface area contributed by atoms with Crippen molar-refractivity contribution in [3.63, 3.8) is 0 Å². The summed E-state index contributed by atoms with van der Waals surface area (Å²) in [5.41, 5.74) is 7.69. The lowest BCUT2D eigenvalue weighted by Crippen LogP contribution is -2.18. The van der Waals surface area contributed by atoms with E-state index in [0.29, 0.717) is 12.2 Å². The van der Waals surface area contributed by atoms with Crippen molar-refractivity contribution in [1.29, 1.82) is 0 Å². The van der Waals surface area contributed by atoms with Gasteiger partial charge in [-0.2, -0.15) is 0 Å². The Balaban J connectivity index is 2.20. The minimum absolute atomic E-state index is 0.184. The monoisotopic (exact) mass is 231 g/mol. The Hall–Kier alpha value is -2.10. The van der Waals surface area contributed by atoms with Gasteiger partial charge in [0.1, 0.15) is 5.82 Å². The average Bonchev–Trinajstić information content (AvgIpc) is 2.34. The number of aromatic nitrogens is 1. The molecule has 0 amide bonds. The Morgan fingerprint density at radius 1 is 1.24 bits per heavy atom. The van der Waals surface area contributed by atoms with Crippen molar-refractivity contribution < 1.29 is 4.39 Å². The minimum Gasteiger partial charge on any atom is -0.395 e. The van der Waals surface area contributed by atoms with Gasteiger partial charge in [0, 0.05) is 26.0 Å². The lowest BCUT2D eigenvalue weighted by atomic mass is 10.2. The van der Waals surface area contributed by atoms with Crippen LogP contribution in [-0.2, 0) is 6.54 Å². The summed E-state index contributed by atoms with van der Waals surface area (Å²) < 4.78 is 13.3. The van der Waals surface area contributed by atoms with Crippen molar-refractivity contribution >= 4 is 11.4 Å². The third-order valence-electron chi connectivity index (χ3n) is 2.61. The molecule has 0 aliphatic rings. The molecule has 0 bridgehead atoms. The van der Waals surface area contributed by atoms with Gasteiger partial charge in [0.15, 0.2) is 0 Å². The van der Waals surface area contributed by atoms with Crippen molar-refractivity contribution in [1.82, 2.24) is 4.98 Å². The number of halogens is 1. The highest BCUT2D eigenvalue weighted by molar-refractivity contribution is 5.67. The molecule has 0 saturated heterocycles. The maximum absolute atomic E-state index is 13.3. The van der Waals surface area contributed by atoms with E-state index in [-0.39, 0.29) is 11.5 Å². The number of pyridine rings is 1. The summed E-state index contributed by atoms with van der Waals surface area (Å²) in [5, 5.41) is 0. The maximum atomic E-state index is 13.3. The summed E-state index contributed by atoms with van der Waals surface area (Å²) in [4.78, 5) is 5.86. The van der Waals surface area contributed by atoms with Gasteiger partial charge >= 0.3 is 0 Å². The first-order valence-electron chi connectivity index (χ1n) is 5.32. The topological polar surface area (TPSA) is 42.2 Å². The highest BCUT2D eigenvalue weighted by Crippen LogP contribution is 2.25. The molecule has 88 valence electrons. The molecule has 0 atom stereocenters. The van der Waals surface area contributed by atoms with Crippen LogP contribution < -0.4 is 10.6 Å². The SMILES string of the molecule is CN(Cc1ccncc1)c1cccc(F)c1N. The predicted octanol–water partition coefficient (Wildman–Crippen LogP) is 2.44. The maximum Gasteiger partial charge on any atom is 0.148 e. The molecule has 1 heterocycles. The van der Waals surface area contributed by atoms with E-state index in [1.165, 1.54) is 6.07 Å². The normalized spacial score (nSPS) is 10.2. The van der Waals surface area contributed by atoms with E-state index < -0.39 is 0 Å². The number of benzene rings is 1. The van der Waals surface area contributed by atoms with Gasteiger partial charge in [0.05, 0.1) is 11.4 Å². The van der Waals surface area contributed by atoms with Crippen molar-refractivity contribution in [3.8, 4) is 0 Å². The van der Waals surface area contributed by atoms with Gasteiger partial charge in [-0.15, -0.1) is 0 Å². The first kappa shape index (κ1) is 11.4. The average molecular weight is 231 g/mol. The van der Waals surface area contributed by atoms with Crippen LogP contribution in [0.1, 0.15) is 5.56 Å². The third kappa shape index (κ3) is 2.53. The second-order valence-electron chi connectivity index (χ2n) is 3.88. The number of hydrogen-bond acceptors (Lipinski definition) is 3. The Bertz CT molecular complexity index is 499. The highest BCUT2D eigenvalue weighted by Gasteiger charge is 2.08. The molecule has 2 aromatic rings. The number of para-hydroxylation sites is 1. The van der Waals surface area contributed by atoms with Crippen LogP contribution in [0.2, 0.25) is 0 Å². The molecule has 4 heteroatoms. The zero-order chi connectivity index (χ0) is 12.3. The smallest absolute Gasteiger partial charge is 0.148 e. The molecule has 0 radical (unpaired) electrons. The van der Waals surface area contributed by atoms with Crippen molar-refractivity contribution in [3.05, 3.63) is 54.1 Å². The number of nitrogen functional groups attached to an aromatic ring is 1. The number of nitrogens with zero attached hydrogens (tertiary/aromatic N) is 2. The first-order chi connectivity index (χ1) is 8.18. The van der Waals surface area contributed by atoms with E-state index >= 15 is 0 Å². The molecule has 1 aromatic carbocycles. The Morgan fingerprint density at radius 3 is 2.65 bits per heavy atom. The fourth-order valence-electron chi connectivity index (χ4n) is 1.71. The molecule has 0 spiro atoms. The van der Waals surface area contributed by atoms with E-state index in [2.05, 4.69) is 4.98 Å².